The Bertz CT molecular complexity index is 539. The first kappa shape index (κ1) is 16.4. The highest BCUT2D eigenvalue weighted by molar-refractivity contribution is 5.68. The molecule has 0 atom stereocenters. The van der Waals surface area contributed by atoms with Crippen LogP contribution in [-0.2, 0) is 4.74 Å². The smallest absolute Gasteiger partial charge is 0.410 e. The Balaban J connectivity index is 2.02. The molecule has 1 fully saturated rings. The normalized spacial score (nSPS) is 16.4. The van der Waals surface area contributed by atoms with Crippen molar-refractivity contribution < 1.29 is 9.53 Å². The number of hydrogen-bond donors (Lipinski definition) is 1. The van der Waals surface area contributed by atoms with E-state index in [2.05, 4.69) is 9.88 Å². The number of rotatable bonds is 1. The number of aryl methyl sites for hydroxylation is 1. The van der Waals surface area contributed by atoms with Crippen LogP contribution in [0.2, 0.25) is 0 Å². The molecule has 0 unspecified atom stereocenters. The van der Waals surface area contributed by atoms with Gasteiger partial charge in [0.1, 0.15) is 5.60 Å². The molecule has 1 aliphatic rings. The van der Waals surface area contributed by atoms with E-state index in [1.54, 1.807) is 4.90 Å². The van der Waals surface area contributed by atoms with Crippen LogP contribution in [0.5, 0.6) is 0 Å². The van der Waals surface area contributed by atoms with Gasteiger partial charge in [-0.2, -0.15) is 0 Å². The van der Waals surface area contributed by atoms with E-state index < -0.39 is 5.60 Å². The molecule has 122 valence electrons. The third kappa shape index (κ3) is 4.26. The van der Waals surface area contributed by atoms with E-state index in [4.69, 9.17) is 10.5 Å². The monoisotopic (exact) mass is 306 g/mol. The Kier molecular flexibility index (Phi) is 4.78. The lowest BCUT2D eigenvalue weighted by atomic mass is 10.2. The molecular formula is C16H26N4O2. The van der Waals surface area contributed by atoms with Gasteiger partial charge in [-0.05, 0) is 45.7 Å². The van der Waals surface area contributed by atoms with Crippen molar-refractivity contribution in [2.24, 2.45) is 0 Å². The molecular weight excluding hydrogens is 280 g/mol. The molecule has 1 aromatic rings. The van der Waals surface area contributed by atoms with Crippen molar-refractivity contribution in [3.05, 3.63) is 17.8 Å². The third-order valence-corrected chi connectivity index (χ3v) is 3.48. The van der Waals surface area contributed by atoms with Gasteiger partial charge in [0, 0.05) is 32.4 Å². The van der Waals surface area contributed by atoms with Gasteiger partial charge in [-0.3, -0.25) is 0 Å². The minimum Gasteiger partial charge on any atom is -0.444 e. The van der Waals surface area contributed by atoms with Gasteiger partial charge in [-0.15, -0.1) is 0 Å². The Labute approximate surface area is 132 Å². The quantitative estimate of drug-likeness (QED) is 0.862. The SMILES string of the molecule is Cc1cnc(N2CCCN(C(=O)OC(C)(C)C)CC2)c(N)c1. The topological polar surface area (TPSA) is 71.7 Å². The maximum absolute atomic E-state index is 12.2. The summed E-state index contributed by atoms with van der Waals surface area (Å²) in [6.07, 6.45) is 2.44. The number of nitrogens with two attached hydrogens (primary N) is 1. The highest BCUT2D eigenvalue weighted by Gasteiger charge is 2.25. The van der Waals surface area contributed by atoms with E-state index >= 15 is 0 Å². The number of amides is 1. The van der Waals surface area contributed by atoms with E-state index in [-0.39, 0.29) is 6.09 Å². The van der Waals surface area contributed by atoms with Crippen molar-refractivity contribution in [3.63, 3.8) is 0 Å². The van der Waals surface area contributed by atoms with Crippen molar-refractivity contribution in [2.45, 2.75) is 39.7 Å². The first-order valence-electron chi connectivity index (χ1n) is 7.71. The predicted octanol–water partition coefficient (Wildman–Crippen LogP) is 2.42. The van der Waals surface area contributed by atoms with Crippen molar-refractivity contribution >= 4 is 17.6 Å². The number of ether oxygens (including phenoxy) is 1. The van der Waals surface area contributed by atoms with Gasteiger partial charge in [0.2, 0.25) is 0 Å². The van der Waals surface area contributed by atoms with Gasteiger partial charge in [0.05, 0.1) is 5.69 Å². The lowest BCUT2D eigenvalue weighted by molar-refractivity contribution is 0.0263. The second-order valence-electron chi connectivity index (χ2n) is 6.73. The summed E-state index contributed by atoms with van der Waals surface area (Å²) in [4.78, 5) is 20.5. The summed E-state index contributed by atoms with van der Waals surface area (Å²) in [6.45, 7) is 10.5. The standard InChI is InChI=1S/C16H26N4O2/c1-12-10-13(17)14(18-11-12)19-6-5-7-20(9-8-19)15(21)22-16(2,3)4/h10-11H,5-9,17H2,1-4H3. The van der Waals surface area contributed by atoms with Crippen molar-refractivity contribution in [3.8, 4) is 0 Å². The molecule has 0 aromatic carbocycles. The second-order valence-corrected chi connectivity index (χ2v) is 6.73. The number of nitrogens with zero attached hydrogens (tertiary/aromatic N) is 3. The number of nitrogen functional groups attached to an aromatic ring is 1. The lowest BCUT2D eigenvalue weighted by Crippen LogP contribution is -2.39. The summed E-state index contributed by atoms with van der Waals surface area (Å²) in [6, 6.07) is 1.93. The molecule has 1 saturated heterocycles. The Hall–Kier alpha value is -1.98. The summed E-state index contributed by atoms with van der Waals surface area (Å²) in [5, 5.41) is 0. The highest BCUT2D eigenvalue weighted by Crippen LogP contribution is 2.22. The van der Waals surface area contributed by atoms with Crippen LogP contribution >= 0.6 is 0 Å². The molecule has 22 heavy (non-hydrogen) atoms. The minimum absolute atomic E-state index is 0.251. The maximum atomic E-state index is 12.2. The molecule has 0 saturated carbocycles. The van der Waals surface area contributed by atoms with Crippen LogP contribution < -0.4 is 10.6 Å². The molecule has 2 heterocycles. The van der Waals surface area contributed by atoms with Crippen LogP contribution in [0.25, 0.3) is 0 Å². The minimum atomic E-state index is -0.466. The molecule has 0 aliphatic carbocycles. The number of pyridine rings is 1. The van der Waals surface area contributed by atoms with E-state index in [1.807, 2.05) is 40.0 Å². The molecule has 1 aromatic heterocycles. The summed E-state index contributed by atoms with van der Waals surface area (Å²) in [5.74, 6) is 0.802. The van der Waals surface area contributed by atoms with Gasteiger partial charge < -0.3 is 20.3 Å². The van der Waals surface area contributed by atoms with Gasteiger partial charge in [-0.25, -0.2) is 9.78 Å². The summed E-state index contributed by atoms with van der Waals surface area (Å²) in [5.41, 5.74) is 7.34. The first-order valence-corrected chi connectivity index (χ1v) is 7.71. The van der Waals surface area contributed by atoms with Crippen LogP contribution in [0.15, 0.2) is 12.3 Å². The molecule has 0 bridgehead atoms. The fourth-order valence-electron chi connectivity index (χ4n) is 2.49. The molecule has 1 aliphatic heterocycles. The number of aromatic nitrogens is 1. The molecule has 0 spiro atoms. The molecule has 6 heteroatoms. The van der Waals surface area contributed by atoms with Crippen LogP contribution in [0, 0.1) is 6.92 Å². The zero-order valence-electron chi connectivity index (χ0n) is 13.9. The highest BCUT2D eigenvalue weighted by atomic mass is 16.6. The number of carbonyl (C=O) groups excluding carboxylic acids is 1. The van der Waals surface area contributed by atoms with E-state index in [1.165, 1.54) is 0 Å². The van der Waals surface area contributed by atoms with Crippen molar-refractivity contribution in [1.82, 2.24) is 9.88 Å². The Morgan fingerprint density at radius 3 is 2.64 bits per heavy atom. The summed E-state index contributed by atoms with van der Waals surface area (Å²) >= 11 is 0. The lowest BCUT2D eigenvalue weighted by Gasteiger charge is -2.27. The molecule has 2 rings (SSSR count). The molecule has 1 amide bonds. The second kappa shape index (κ2) is 6.42. The van der Waals surface area contributed by atoms with Gasteiger partial charge in [0.15, 0.2) is 5.82 Å². The van der Waals surface area contributed by atoms with Crippen LogP contribution in [0.4, 0.5) is 16.3 Å². The molecule has 2 N–H and O–H groups in total. The Morgan fingerprint density at radius 1 is 1.27 bits per heavy atom. The van der Waals surface area contributed by atoms with E-state index in [9.17, 15) is 4.79 Å². The molecule has 0 radical (unpaired) electrons. The van der Waals surface area contributed by atoms with Gasteiger partial charge >= 0.3 is 6.09 Å². The van der Waals surface area contributed by atoms with Gasteiger partial charge in [0.25, 0.3) is 0 Å². The molecule has 6 nitrogen and oxygen atoms in total. The van der Waals surface area contributed by atoms with Crippen LogP contribution in [-0.4, -0.2) is 47.8 Å². The van der Waals surface area contributed by atoms with E-state index in [0.717, 1.165) is 24.3 Å². The fourth-order valence-corrected chi connectivity index (χ4v) is 2.49. The predicted molar refractivity (Wildman–Crippen MR) is 88.0 cm³/mol. The first-order chi connectivity index (χ1) is 10.3. The zero-order chi connectivity index (χ0) is 16.3. The number of carbonyl (C=O) groups is 1. The van der Waals surface area contributed by atoms with E-state index in [0.29, 0.717) is 25.3 Å². The third-order valence-electron chi connectivity index (χ3n) is 3.48. The average molecular weight is 306 g/mol. The number of hydrogen-bond acceptors (Lipinski definition) is 5. The average Bonchev–Trinajstić information content (AvgIpc) is 2.62. The van der Waals surface area contributed by atoms with Crippen LogP contribution in [0.3, 0.4) is 0 Å². The number of anilines is 2. The summed E-state index contributed by atoms with van der Waals surface area (Å²) in [7, 11) is 0. The largest absolute Gasteiger partial charge is 0.444 e. The maximum Gasteiger partial charge on any atom is 0.410 e. The summed E-state index contributed by atoms with van der Waals surface area (Å²) < 4.78 is 5.44. The van der Waals surface area contributed by atoms with Gasteiger partial charge in [-0.1, -0.05) is 0 Å². The van der Waals surface area contributed by atoms with Crippen molar-refractivity contribution in [2.75, 3.05) is 36.8 Å². The van der Waals surface area contributed by atoms with Crippen LogP contribution in [0.1, 0.15) is 32.8 Å². The van der Waals surface area contributed by atoms with Crippen molar-refractivity contribution in [1.29, 1.82) is 0 Å². The fraction of sp³-hybridized carbons (Fsp3) is 0.625. The Morgan fingerprint density at radius 2 is 2.00 bits per heavy atom. The zero-order valence-corrected chi connectivity index (χ0v) is 13.9.